The van der Waals surface area contributed by atoms with Gasteiger partial charge in [-0.15, -0.1) is 0 Å². The molecule has 2 aromatic rings. The minimum absolute atomic E-state index is 0.528. The summed E-state index contributed by atoms with van der Waals surface area (Å²) in [5.41, 5.74) is 5.05. The van der Waals surface area contributed by atoms with Crippen LogP contribution in [0.5, 0.6) is 11.5 Å². The number of hydrogen-bond acceptors (Lipinski definition) is 2. The third-order valence-corrected chi connectivity index (χ3v) is 4.11. The average Bonchev–Trinajstić information content (AvgIpc) is 2.55. The molecule has 0 bridgehead atoms. The molecule has 0 saturated heterocycles. The van der Waals surface area contributed by atoms with Gasteiger partial charge in [-0.2, -0.15) is 0 Å². The van der Waals surface area contributed by atoms with Crippen molar-refractivity contribution in [2.45, 2.75) is 53.4 Å². The Morgan fingerprint density at radius 1 is 0.708 bits per heavy atom. The van der Waals surface area contributed by atoms with Crippen LogP contribution in [0, 0.1) is 13.8 Å². The summed E-state index contributed by atoms with van der Waals surface area (Å²) in [6, 6.07) is 12.7. The van der Waals surface area contributed by atoms with E-state index in [0.29, 0.717) is 11.8 Å². The molecule has 132 valence electrons. The van der Waals surface area contributed by atoms with Crippen molar-refractivity contribution in [2.24, 2.45) is 0 Å². The fourth-order valence-corrected chi connectivity index (χ4v) is 2.49. The summed E-state index contributed by atoms with van der Waals surface area (Å²) in [6.07, 6.45) is 0. The molecule has 0 amide bonds. The molecule has 0 heterocycles. The van der Waals surface area contributed by atoms with Crippen LogP contribution < -0.4 is 9.47 Å². The Labute approximate surface area is 147 Å². The van der Waals surface area contributed by atoms with Crippen molar-refractivity contribution in [1.29, 1.82) is 0 Å². The minimum Gasteiger partial charge on any atom is -0.496 e. The molecule has 2 rings (SSSR count). The van der Waals surface area contributed by atoms with Crippen LogP contribution in [0.25, 0.3) is 0 Å². The normalized spacial score (nSPS) is 10.4. The molecule has 2 heteroatoms. The Morgan fingerprint density at radius 2 is 1.33 bits per heavy atom. The predicted molar refractivity (Wildman–Crippen MR) is 104 cm³/mol. The van der Waals surface area contributed by atoms with Crippen molar-refractivity contribution < 1.29 is 9.47 Å². The van der Waals surface area contributed by atoms with Gasteiger partial charge >= 0.3 is 0 Å². The Balaban J connectivity index is 0.000000240. The lowest BCUT2D eigenvalue weighted by molar-refractivity contribution is 0.407. The maximum Gasteiger partial charge on any atom is 0.122 e. The molecule has 0 aromatic heterocycles. The van der Waals surface area contributed by atoms with Gasteiger partial charge in [-0.25, -0.2) is 0 Å². The fraction of sp³-hybridized carbons (Fsp3) is 0.455. The lowest BCUT2D eigenvalue weighted by Gasteiger charge is -2.11. The van der Waals surface area contributed by atoms with Gasteiger partial charge in [-0.1, -0.05) is 52.0 Å². The molecular weight excluding hydrogens is 296 g/mol. The standard InChI is InChI=1S/2C11H16O/c1-8(2)10-6-5-9(3)11(7-10)12-4;1-8(2)10-6-5-9(3)7-11(10)12-4/h2*5-8H,1-4H3. The maximum atomic E-state index is 5.29. The van der Waals surface area contributed by atoms with E-state index >= 15 is 0 Å². The van der Waals surface area contributed by atoms with Crippen LogP contribution in [-0.4, -0.2) is 14.2 Å². The van der Waals surface area contributed by atoms with Crippen LogP contribution in [0.15, 0.2) is 36.4 Å². The van der Waals surface area contributed by atoms with Gasteiger partial charge in [0.05, 0.1) is 14.2 Å². The highest BCUT2D eigenvalue weighted by Gasteiger charge is 2.06. The van der Waals surface area contributed by atoms with Gasteiger partial charge in [0.1, 0.15) is 11.5 Å². The number of methoxy groups -OCH3 is 2. The van der Waals surface area contributed by atoms with Gasteiger partial charge in [0.25, 0.3) is 0 Å². The first-order valence-electron chi connectivity index (χ1n) is 8.59. The summed E-state index contributed by atoms with van der Waals surface area (Å²) in [5.74, 6) is 3.09. The summed E-state index contributed by atoms with van der Waals surface area (Å²) in [5, 5.41) is 0. The molecule has 0 unspecified atom stereocenters. The van der Waals surface area contributed by atoms with Gasteiger partial charge in [0, 0.05) is 0 Å². The van der Waals surface area contributed by atoms with Crippen LogP contribution >= 0.6 is 0 Å². The molecule has 0 aliphatic heterocycles. The molecular formula is C22H32O2. The third-order valence-electron chi connectivity index (χ3n) is 4.11. The Kier molecular flexibility index (Phi) is 7.84. The van der Waals surface area contributed by atoms with Crippen LogP contribution in [0.1, 0.15) is 61.8 Å². The number of benzene rings is 2. The molecule has 0 atom stereocenters. The molecule has 24 heavy (non-hydrogen) atoms. The monoisotopic (exact) mass is 328 g/mol. The van der Waals surface area contributed by atoms with Crippen molar-refractivity contribution in [2.75, 3.05) is 14.2 Å². The Bertz CT molecular complexity index is 642. The SMILES string of the molecule is COc1cc(C(C)C)ccc1C.COc1cc(C)ccc1C(C)C. The zero-order chi connectivity index (χ0) is 18.3. The number of ether oxygens (including phenoxy) is 2. The fourth-order valence-electron chi connectivity index (χ4n) is 2.49. The van der Waals surface area contributed by atoms with Crippen molar-refractivity contribution in [1.82, 2.24) is 0 Å². The zero-order valence-electron chi connectivity index (χ0n) is 16.4. The summed E-state index contributed by atoms with van der Waals surface area (Å²) in [7, 11) is 3.44. The van der Waals surface area contributed by atoms with Gasteiger partial charge < -0.3 is 9.47 Å². The molecule has 0 aliphatic rings. The minimum atomic E-state index is 0.528. The van der Waals surface area contributed by atoms with E-state index in [1.807, 2.05) is 0 Å². The molecule has 2 nitrogen and oxygen atoms in total. The molecule has 0 N–H and O–H groups in total. The molecule has 2 aromatic carbocycles. The summed E-state index contributed by atoms with van der Waals surface area (Å²) in [4.78, 5) is 0. The molecule has 0 aliphatic carbocycles. The van der Waals surface area contributed by atoms with Gasteiger partial charge in [-0.3, -0.25) is 0 Å². The van der Waals surface area contributed by atoms with Crippen LogP contribution in [0.4, 0.5) is 0 Å². The van der Waals surface area contributed by atoms with E-state index in [0.717, 1.165) is 11.5 Å². The van der Waals surface area contributed by atoms with Gasteiger partial charge in [0.2, 0.25) is 0 Å². The second-order valence-electron chi connectivity index (χ2n) is 6.78. The highest BCUT2D eigenvalue weighted by molar-refractivity contribution is 5.39. The van der Waals surface area contributed by atoms with Gasteiger partial charge in [0.15, 0.2) is 0 Å². The maximum absolute atomic E-state index is 5.29. The molecule has 0 saturated carbocycles. The van der Waals surface area contributed by atoms with Crippen molar-refractivity contribution in [3.05, 3.63) is 58.7 Å². The topological polar surface area (TPSA) is 18.5 Å². The molecule has 0 radical (unpaired) electrons. The van der Waals surface area contributed by atoms with E-state index in [4.69, 9.17) is 9.47 Å². The van der Waals surface area contributed by atoms with E-state index in [2.05, 4.69) is 77.9 Å². The smallest absolute Gasteiger partial charge is 0.122 e. The second-order valence-corrected chi connectivity index (χ2v) is 6.78. The summed E-state index contributed by atoms with van der Waals surface area (Å²) >= 11 is 0. The number of aryl methyl sites for hydroxylation is 2. The van der Waals surface area contributed by atoms with Crippen molar-refractivity contribution in [3.63, 3.8) is 0 Å². The Hall–Kier alpha value is -1.96. The van der Waals surface area contributed by atoms with Crippen LogP contribution in [-0.2, 0) is 0 Å². The zero-order valence-corrected chi connectivity index (χ0v) is 16.4. The average molecular weight is 328 g/mol. The van der Waals surface area contributed by atoms with E-state index < -0.39 is 0 Å². The van der Waals surface area contributed by atoms with E-state index in [-0.39, 0.29) is 0 Å². The first-order valence-corrected chi connectivity index (χ1v) is 8.59. The summed E-state index contributed by atoms with van der Waals surface area (Å²) in [6.45, 7) is 12.9. The number of hydrogen-bond donors (Lipinski definition) is 0. The highest BCUT2D eigenvalue weighted by atomic mass is 16.5. The lowest BCUT2D eigenvalue weighted by Crippen LogP contribution is -1.94. The van der Waals surface area contributed by atoms with Crippen molar-refractivity contribution >= 4 is 0 Å². The third kappa shape index (κ3) is 5.59. The quantitative estimate of drug-likeness (QED) is 0.660. The predicted octanol–water partition coefficient (Wildman–Crippen LogP) is 6.25. The molecule has 0 fully saturated rings. The second kappa shape index (κ2) is 9.36. The van der Waals surface area contributed by atoms with Gasteiger partial charge in [-0.05, 0) is 60.1 Å². The van der Waals surface area contributed by atoms with Crippen molar-refractivity contribution in [3.8, 4) is 11.5 Å². The van der Waals surface area contributed by atoms with E-state index in [1.165, 1.54) is 22.3 Å². The van der Waals surface area contributed by atoms with E-state index in [9.17, 15) is 0 Å². The number of rotatable bonds is 4. The van der Waals surface area contributed by atoms with E-state index in [1.54, 1.807) is 14.2 Å². The lowest BCUT2D eigenvalue weighted by atomic mass is 10.0. The van der Waals surface area contributed by atoms with Crippen LogP contribution in [0.3, 0.4) is 0 Å². The largest absolute Gasteiger partial charge is 0.496 e. The highest BCUT2D eigenvalue weighted by Crippen LogP contribution is 2.26. The first kappa shape index (κ1) is 20.1. The van der Waals surface area contributed by atoms with Crippen LogP contribution in [0.2, 0.25) is 0 Å². The Morgan fingerprint density at radius 3 is 1.83 bits per heavy atom. The summed E-state index contributed by atoms with van der Waals surface area (Å²) < 4.78 is 10.5. The first-order chi connectivity index (χ1) is 11.3. The molecule has 0 spiro atoms.